The third-order valence-corrected chi connectivity index (χ3v) is 5.24. The van der Waals surface area contributed by atoms with Gasteiger partial charge in [0, 0.05) is 20.8 Å². The Morgan fingerprint density at radius 1 is 1.08 bits per heavy atom. The number of nitrogen functional groups attached to an aromatic ring is 1. The fourth-order valence-electron chi connectivity index (χ4n) is 2.30. The van der Waals surface area contributed by atoms with Crippen LogP contribution in [0.5, 0.6) is 0 Å². The first kappa shape index (κ1) is 16.9. The molecule has 0 aliphatic heterocycles. The van der Waals surface area contributed by atoms with E-state index in [4.69, 9.17) is 5.84 Å². The summed E-state index contributed by atoms with van der Waals surface area (Å²) in [5, 5.41) is 7.99. The minimum absolute atomic E-state index is 0.00654. The second-order valence-electron chi connectivity index (χ2n) is 5.05. The molecule has 3 aromatic rings. The van der Waals surface area contributed by atoms with Crippen molar-refractivity contribution in [2.24, 2.45) is 0 Å². The Bertz CT molecular complexity index is 864. The Labute approximate surface area is 150 Å². The molecule has 4 nitrogen and oxygen atoms in total. The first-order valence-electron chi connectivity index (χ1n) is 7.05. The lowest BCUT2D eigenvalue weighted by molar-refractivity contribution is 0.557. The van der Waals surface area contributed by atoms with Crippen LogP contribution in [0.2, 0.25) is 0 Å². The van der Waals surface area contributed by atoms with Crippen LogP contribution in [0, 0.1) is 11.6 Å². The highest BCUT2D eigenvalue weighted by molar-refractivity contribution is 9.10. The van der Waals surface area contributed by atoms with Crippen molar-refractivity contribution in [2.45, 2.75) is 17.3 Å². The smallest absolute Gasteiger partial charge is 0.210 e. The number of nitrogens with zero attached hydrogens (tertiary/aromatic N) is 3. The van der Waals surface area contributed by atoms with E-state index in [1.165, 1.54) is 22.9 Å². The number of nitrogens with two attached hydrogens (primary N) is 1. The summed E-state index contributed by atoms with van der Waals surface area (Å²) in [6, 6.07) is 11.3. The summed E-state index contributed by atoms with van der Waals surface area (Å²) < 4.78 is 29.9. The van der Waals surface area contributed by atoms with Gasteiger partial charge < -0.3 is 5.84 Å². The first-order chi connectivity index (χ1) is 11.5. The maximum absolute atomic E-state index is 13.9. The van der Waals surface area contributed by atoms with Gasteiger partial charge in [-0.15, -0.1) is 10.2 Å². The maximum atomic E-state index is 13.9. The van der Waals surface area contributed by atoms with Gasteiger partial charge in [-0.05, 0) is 31.2 Å². The van der Waals surface area contributed by atoms with Gasteiger partial charge in [0.05, 0.1) is 0 Å². The largest absolute Gasteiger partial charge is 0.335 e. The van der Waals surface area contributed by atoms with E-state index < -0.39 is 16.9 Å². The maximum Gasteiger partial charge on any atom is 0.210 e. The Kier molecular flexibility index (Phi) is 4.86. The van der Waals surface area contributed by atoms with E-state index >= 15 is 0 Å². The molecule has 0 spiro atoms. The molecule has 8 heteroatoms. The van der Waals surface area contributed by atoms with Gasteiger partial charge in [0.2, 0.25) is 5.16 Å². The number of hydrogen-bond acceptors (Lipinski definition) is 4. The molecule has 3 rings (SSSR count). The van der Waals surface area contributed by atoms with E-state index in [2.05, 4.69) is 26.1 Å². The molecule has 1 heterocycles. The average molecular weight is 411 g/mol. The van der Waals surface area contributed by atoms with Crippen molar-refractivity contribution in [1.29, 1.82) is 0 Å². The van der Waals surface area contributed by atoms with Crippen molar-refractivity contribution in [2.75, 3.05) is 5.84 Å². The van der Waals surface area contributed by atoms with Crippen LogP contribution in [0.3, 0.4) is 0 Å². The molecular formula is C16H13BrF2N4S. The van der Waals surface area contributed by atoms with Gasteiger partial charge in [-0.1, -0.05) is 45.9 Å². The summed E-state index contributed by atoms with van der Waals surface area (Å²) in [6.45, 7) is 1.69. The third kappa shape index (κ3) is 3.16. The standard InChI is InChI=1S/C16H13BrF2N4S/c1-9(14-12(18)7-4-8-13(14)19)24-16-22-21-15(23(16)20)10-5-2-3-6-11(10)17/h2-9H,20H2,1H3. The number of halogens is 3. The van der Waals surface area contributed by atoms with Crippen LogP contribution >= 0.6 is 27.7 Å². The number of thioether (sulfide) groups is 1. The molecule has 24 heavy (non-hydrogen) atoms. The molecule has 0 radical (unpaired) electrons. The average Bonchev–Trinajstić information content (AvgIpc) is 2.89. The molecule has 0 bridgehead atoms. The zero-order chi connectivity index (χ0) is 17.3. The Hall–Kier alpha value is -1.93. The van der Waals surface area contributed by atoms with Crippen LogP contribution in [0.25, 0.3) is 11.4 Å². The molecule has 2 N–H and O–H groups in total. The van der Waals surface area contributed by atoms with Crippen LogP contribution in [0.15, 0.2) is 52.1 Å². The number of benzene rings is 2. The van der Waals surface area contributed by atoms with Crippen LogP contribution in [0.4, 0.5) is 8.78 Å². The summed E-state index contributed by atoms with van der Waals surface area (Å²) in [7, 11) is 0. The van der Waals surface area contributed by atoms with Gasteiger partial charge in [-0.25, -0.2) is 13.5 Å². The number of aromatic nitrogens is 3. The van der Waals surface area contributed by atoms with Crippen molar-refractivity contribution >= 4 is 27.7 Å². The molecule has 0 amide bonds. The fourth-order valence-corrected chi connectivity index (χ4v) is 3.71. The number of rotatable bonds is 4. The zero-order valence-electron chi connectivity index (χ0n) is 12.6. The summed E-state index contributed by atoms with van der Waals surface area (Å²) >= 11 is 4.58. The third-order valence-electron chi connectivity index (χ3n) is 3.47. The predicted octanol–water partition coefficient (Wildman–Crippen LogP) is 4.55. The Balaban J connectivity index is 1.91. The topological polar surface area (TPSA) is 56.7 Å². The van der Waals surface area contributed by atoms with E-state index in [1.807, 2.05) is 24.3 Å². The molecule has 0 fully saturated rings. The van der Waals surface area contributed by atoms with Crippen molar-refractivity contribution in [3.8, 4) is 11.4 Å². The Morgan fingerprint density at radius 2 is 1.75 bits per heavy atom. The molecule has 1 aromatic heterocycles. The molecule has 0 aliphatic carbocycles. The predicted molar refractivity (Wildman–Crippen MR) is 93.9 cm³/mol. The molecule has 0 saturated heterocycles. The molecule has 0 saturated carbocycles. The van der Waals surface area contributed by atoms with E-state index in [1.54, 1.807) is 6.92 Å². The molecular weight excluding hydrogens is 398 g/mol. The minimum atomic E-state index is -0.593. The fraction of sp³-hybridized carbons (Fsp3) is 0.125. The van der Waals surface area contributed by atoms with Crippen LogP contribution in [-0.2, 0) is 0 Å². The van der Waals surface area contributed by atoms with E-state index in [-0.39, 0.29) is 5.56 Å². The zero-order valence-corrected chi connectivity index (χ0v) is 15.0. The lowest BCUT2D eigenvalue weighted by Gasteiger charge is -2.13. The Morgan fingerprint density at radius 3 is 2.42 bits per heavy atom. The van der Waals surface area contributed by atoms with Gasteiger partial charge in [-0.3, -0.25) is 0 Å². The summed E-state index contributed by atoms with van der Waals surface area (Å²) in [6.07, 6.45) is 0. The minimum Gasteiger partial charge on any atom is -0.335 e. The number of hydrogen-bond donors (Lipinski definition) is 1. The summed E-state index contributed by atoms with van der Waals surface area (Å²) in [4.78, 5) is 0. The highest BCUT2D eigenvalue weighted by atomic mass is 79.9. The lowest BCUT2D eigenvalue weighted by Crippen LogP contribution is -2.12. The van der Waals surface area contributed by atoms with Crippen molar-refractivity contribution in [1.82, 2.24) is 14.9 Å². The van der Waals surface area contributed by atoms with Crippen LogP contribution in [-0.4, -0.2) is 14.9 Å². The van der Waals surface area contributed by atoms with E-state index in [0.29, 0.717) is 11.0 Å². The van der Waals surface area contributed by atoms with Gasteiger partial charge in [0.1, 0.15) is 11.6 Å². The lowest BCUT2D eigenvalue weighted by atomic mass is 10.1. The second kappa shape index (κ2) is 6.90. The SMILES string of the molecule is CC(Sc1nnc(-c2ccccc2Br)n1N)c1c(F)cccc1F. The van der Waals surface area contributed by atoms with Gasteiger partial charge in [0.25, 0.3) is 0 Å². The molecule has 124 valence electrons. The van der Waals surface area contributed by atoms with Gasteiger partial charge in [0.15, 0.2) is 5.82 Å². The molecule has 1 unspecified atom stereocenters. The highest BCUT2D eigenvalue weighted by Gasteiger charge is 2.21. The molecule has 1 atom stereocenters. The normalized spacial score (nSPS) is 12.3. The van der Waals surface area contributed by atoms with Crippen molar-refractivity contribution in [3.05, 3.63) is 64.1 Å². The van der Waals surface area contributed by atoms with Gasteiger partial charge in [-0.2, -0.15) is 0 Å². The van der Waals surface area contributed by atoms with Crippen molar-refractivity contribution in [3.63, 3.8) is 0 Å². The van der Waals surface area contributed by atoms with Gasteiger partial charge >= 0.3 is 0 Å². The quantitative estimate of drug-likeness (QED) is 0.506. The van der Waals surface area contributed by atoms with Crippen LogP contribution < -0.4 is 5.84 Å². The van der Waals surface area contributed by atoms with E-state index in [0.717, 1.165) is 21.8 Å². The summed E-state index contributed by atoms with van der Waals surface area (Å²) in [5.74, 6) is 5.35. The van der Waals surface area contributed by atoms with Crippen molar-refractivity contribution < 1.29 is 8.78 Å². The highest BCUT2D eigenvalue weighted by Crippen LogP contribution is 2.37. The van der Waals surface area contributed by atoms with Crippen LogP contribution in [0.1, 0.15) is 17.7 Å². The second-order valence-corrected chi connectivity index (χ2v) is 7.21. The molecule has 2 aromatic carbocycles. The monoisotopic (exact) mass is 410 g/mol. The first-order valence-corrected chi connectivity index (χ1v) is 8.72. The summed E-state index contributed by atoms with van der Waals surface area (Å²) in [5.41, 5.74) is 0.775. The molecule has 0 aliphatic rings. The van der Waals surface area contributed by atoms with E-state index in [9.17, 15) is 8.78 Å².